The number of fused-ring (bicyclic) bond motifs is 1. The highest BCUT2D eigenvalue weighted by Gasteiger charge is 2.38. The summed E-state index contributed by atoms with van der Waals surface area (Å²) in [6.07, 6.45) is -2.99. The van der Waals surface area contributed by atoms with Crippen molar-refractivity contribution in [3.63, 3.8) is 0 Å². The molecule has 0 fully saturated rings. The molecule has 4 nitrogen and oxygen atoms in total. The number of rotatable bonds is 7. The smallest absolute Gasteiger partial charge is 0.427 e. The molecular formula is C21H18F4O4. The number of aryl methyl sites for hydroxylation is 1. The number of hydrogen-bond acceptors (Lipinski definition) is 4. The predicted octanol–water partition coefficient (Wildman–Crippen LogP) is 5.30. The van der Waals surface area contributed by atoms with Crippen LogP contribution in [0.25, 0.3) is 10.8 Å². The Kier molecular flexibility index (Phi) is 5.93. The summed E-state index contributed by atoms with van der Waals surface area (Å²) < 4.78 is 72.2. The molecule has 1 heterocycles. The molecule has 0 unspecified atom stereocenters. The van der Waals surface area contributed by atoms with Crippen molar-refractivity contribution < 1.29 is 31.5 Å². The van der Waals surface area contributed by atoms with Gasteiger partial charge in [-0.2, -0.15) is 8.78 Å². The largest absolute Gasteiger partial charge is 0.429 e. The van der Waals surface area contributed by atoms with Crippen LogP contribution in [0.1, 0.15) is 30.2 Å². The van der Waals surface area contributed by atoms with E-state index < -0.39 is 40.1 Å². The van der Waals surface area contributed by atoms with E-state index in [-0.39, 0.29) is 12.0 Å². The van der Waals surface area contributed by atoms with Crippen molar-refractivity contribution in [2.75, 3.05) is 7.11 Å². The fourth-order valence-electron chi connectivity index (χ4n) is 2.97. The third kappa shape index (κ3) is 4.27. The van der Waals surface area contributed by atoms with E-state index >= 15 is 0 Å². The lowest BCUT2D eigenvalue weighted by Crippen LogP contribution is -2.24. The van der Waals surface area contributed by atoms with E-state index in [0.717, 1.165) is 18.2 Å². The maximum absolute atomic E-state index is 14.7. The third-order valence-corrected chi connectivity index (χ3v) is 4.28. The van der Waals surface area contributed by atoms with Crippen LogP contribution in [0.15, 0.2) is 45.6 Å². The number of halogens is 4. The minimum absolute atomic E-state index is 0.0404. The van der Waals surface area contributed by atoms with Crippen LogP contribution in [0.2, 0.25) is 0 Å². The summed E-state index contributed by atoms with van der Waals surface area (Å²) in [5, 5.41) is -0.304. The van der Waals surface area contributed by atoms with Crippen molar-refractivity contribution in [1.82, 2.24) is 0 Å². The molecule has 0 saturated carbocycles. The monoisotopic (exact) mass is 410 g/mol. The van der Waals surface area contributed by atoms with Gasteiger partial charge in [0.05, 0.1) is 12.2 Å². The first-order valence-corrected chi connectivity index (χ1v) is 8.86. The molecule has 2 aromatic carbocycles. The van der Waals surface area contributed by atoms with Crippen molar-refractivity contribution in [3.8, 4) is 5.75 Å². The maximum atomic E-state index is 14.7. The quantitative estimate of drug-likeness (QED) is 0.496. The fraction of sp³-hybridized carbons (Fsp3) is 0.286. The molecule has 0 amide bonds. The summed E-state index contributed by atoms with van der Waals surface area (Å²) >= 11 is 0. The minimum Gasteiger partial charge on any atom is -0.427 e. The lowest BCUT2D eigenvalue weighted by atomic mass is 10.1. The molecule has 0 saturated heterocycles. The first-order chi connectivity index (χ1) is 13.8. The number of alkyl halides is 2. The van der Waals surface area contributed by atoms with Gasteiger partial charge >= 0.3 is 11.7 Å². The van der Waals surface area contributed by atoms with Crippen LogP contribution in [-0.2, 0) is 23.9 Å². The molecule has 3 rings (SSSR count). The van der Waals surface area contributed by atoms with Crippen LogP contribution >= 0.6 is 0 Å². The van der Waals surface area contributed by atoms with E-state index in [0.29, 0.717) is 24.2 Å². The van der Waals surface area contributed by atoms with E-state index in [9.17, 15) is 22.4 Å². The summed E-state index contributed by atoms with van der Waals surface area (Å²) in [6.45, 7) is 1.92. The molecule has 8 heteroatoms. The topological polar surface area (TPSA) is 48.7 Å². The summed E-state index contributed by atoms with van der Waals surface area (Å²) in [5.74, 6) is -3.05. The molecule has 29 heavy (non-hydrogen) atoms. The molecule has 0 spiro atoms. The van der Waals surface area contributed by atoms with Crippen molar-refractivity contribution in [1.29, 1.82) is 0 Å². The zero-order valence-electron chi connectivity index (χ0n) is 15.7. The second kappa shape index (κ2) is 8.24. The number of hydrogen-bond donors (Lipinski definition) is 0. The lowest BCUT2D eigenvalue weighted by molar-refractivity contribution is -0.188. The van der Waals surface area contributed by atoms with Crippen LogP contribution < -0.4 is 10.4 Å². The molecule has 3 aromatic rings. The maximum Gasteiger partial charge on any atom is 0.429 e. The van der Waals surface area contributed by atoms with Gasteiger partial charge in [-0.05, 0) is 41.6 Å². The van der Waals surface area contributed by atoms with Crippen molar-refractivity contribution >= 4 is 10.8 Å². The molecule has 1 aromatic heterocycles. The highest BCUT2D eigenvalue weighted by Crippen LogP contribution is 2.36. The lowest BCUT2D eigenvalue weighted by Gasteiger charge is -2.20. The van der Waals surface area contributed by atoms with E-state index in [1.165, 1.54) is 25.3 Å². The summed E-state index contributed by atoms with van der Waals surface area (Å²) in [5.41, 5.74) is -1.71. The first-order valence-electron chi connectivity index (χ1n) is 8.86. The molecule has 0 N–H and O–H groups in total. The van der Waals surface area contributed by atoms with E-state index in [2.05, 4.69) is 4.74 Å². The van der Waals surface area contributed by atoms with Crippen LogP contribution in [0.3, 0.4) is 0 Å². The van der Waals surface area contributed by atoms with Gasteiger partial charge in [0.2, 0.25) is 0 Å². The number of ether oxygens (including phenoxy) is 2. The average Bonchev–Trinajstić information content (AvgIpc) is 2.64. The minimum atomic E-state index is -4.17. The molecule has 0 atom stereocenters. The van der Waals surface area contributed by atoms with Gasteiger partial charge in [0, 0.05) is 13.5 Å². The first kappa shape index (κ1) is 20.9. The third-order valence-electron chi connectivity index (χ3n) is 4.28. The van der Waals surface area contributed by atoms with Gasteiger partial charge in [0.1, 0.15) is 17.0 Å². The molecule has 0 bridgehead atoms. The molecule has 0 aliphatic carbocycles. The zero-order valence-corrected chi connectivity index (χ0v) is 15.7. The molecule has 0 aliphatic heterocycles. The summed E-state index contributed by atoms with van der Waals surface area (Å²) in [6, 6.07) is 6.69. The van der Waals surface area contributed by atoms with E-state index in [1.54, 1.807) is 0 Å². The summed E-state index contributed by atoms with van der Waals surface area (Å²) in [4.78, 5) is 12.1. The second-order valence-electron chi connectivity index (χ2n) is 6.46. The Morgan fingerprint density at radius 1 is 1.10 bits per heavy atom. The van der Waals surface area contributed by atoms with Crippen LogP contribution in [0, 0.1) is 11.6 Å². The van der Waals surface area contributed by atoms with Gasteiger partial charge in [-0.15, -0.1) is 0 Å². The van der Waals surface area contributed by atoms with Gasteiger partial charge in [-0.3, -0.25) is 0 Å². The van der Waals surface area contributed by atoms with E-state index in [1.807, 2.05) is 6.92 Å². The Hall–Kier alpha value is -2.87. The number of benzene rings is 2. The Morgan fingerprint density at radius 2 is 1.86 bits per heavy atom. The fourth-order valence-corrected chi connectivity index (χ4v) is 2.97. The van der Waals surface area contributed by atoms with Crippen molar-refractivity contribution in [2.24, 2.45) is 0 Å². The van der Waals surface area contributed by atoms with Gasteiger partial charge in [0.15, 0.2) is 11.6 Å². The molecule has 0 radical (unpaired) electrons. The molecular weight excluding hydrogens is 392 g/mol. The SMILES string of the molecule is CCCc1cc2ccc(OC(F)(F)c3ccc(COC)cc3F)c(F)c2c(=O)o1. The average molecular weight is 410 g/mol. The van der Waals surface area contributed by atoms with Crippen molar-refractivity contribution in [2.45, 2.75) is 32.5 Å². The number of methoxy groups -OCH3 is 1. The van der Waals surface area contributed by atoms with Gasteiger partial charge in [-0.1, -0.05) is 19.1 Å². The van der Waals surface area contributed by atoms with Gasteiger partial charge in [-0.25, -0.2) is 13.6 Å². The Balaban J connectivity index is 1.98. The molecule has 154 valence electrons. The highest BCUT2D eigenvalue weighted by atomic mass is 19.3. The highest BCUT2D eigenvalue weighted by molar-refractivity contribution is 5.83. The zero-order chi connectivity index (χ0) is 21.2. The normalized spacial score (nSPS) is 11.8. The Labute approximate surface area is 163 Å². The standard InChI is InChI=1S/C21H18F4O4/c1-3-4-14-10-13-6-8-17(19(23)18(13)20(26)28-14)29-21(24,25)15-7-5-12(11-27-2)9-16(15)22/h5-10H,3-4,11H2,1-2H3. The second-order valence-corrected chi connectivity index (χ2v) is 6.46. The van der Waals surface area contributed by atoms with Crippen LogP contribution in [-0.4, -0.2) is 7.11 Å². The summed E-state index contributed by atoms with van der Waals surface area (Å²) in [7, 11) is 1.38. The Morgan fingerprint density at radius 3 is 2.52 bits per heavy atom. The van der Waals surface area contributed by atoms with Gasteiger partial charge < -0.3 is 13.9 Å². The Bertz CT molecular complexity index is 1090. The van der Waals surface area contributed by atoms with Gasteiger partial charge in [0.25, 0.3) is 0 Å². The van der Waals surface area contributed by atoms with Crippen LogP contribution in [0.5, 0.6) is 5.75 Å². The van der Waals surface area contributed by atoms with Crippen molar-refractivity contribution in [3.05, 3.63) is 75.3 Å². The van der Waals surface area contributed by atoms with E-state index in [4.69, 9.17) is 9.15 Å². The van der Waals surface area contributed by atoms with Crippen LogP contribution in [0.4, 0.5) is 17.6 Å². The molecule has 0 aliphatic rings. The predicted molar refractivity (Wildman–Crippen MR) is 98.1 cm³/mol.